The monoisotopic (exact) mass is 426 g/mol. The molecule has 0 saturated carbocycles. The van der Waals surface area contributed by atoms with Gasteiger partial charge in [-0.3, -0.25) is 9.59 Å². The summed E-state index contributed by atoms with van der Waals surface area (Å²) in [6.07, 6.45) is 1.84. The highest BCUT2D eigenvalue weighted by Crippen LogP contribution is 2.31. The molecule has 0 aliphatic heterocycles. The fourth-order valence-electron chi connectivity index (χ4n) is 3.67. The van der Waals surface area contributed by atoms with E-state index in [2.05, 4.69) is 5.32 Å². The lowest BCUT2D eigenvalue weighted by Crippen LogP contribution is -2.32. The van der Waals surface area contributed by atoms with Crippen LogP contribution in [0.4, 0.5) is 11.4 Å². The first-order chi connectivity index (χ1) is 15.4. The number of nitrogens with one attached hydrogen (secondary N) is 1. The molecule has 1 atom stereocenters. The van der Waals surface area contributed by atoms with E-state index in [9.17, 15) is 9.59 Å². The van der Waals surface area contributed by atoms with Gasteiger partial charge in [0.2, 0.25) is 5.91 Å². The first-order valence-electron chi connectivity index (χ1n) is 10.4. The quantitative estimate of drug-likeness (QED) is 0.453. The smallest absolute Gasteiger partial charge is 0.241 e. The van der Waals surface area contributed by atoms with Crippen molar-refractivity contribution in [3.63, 3.8) is 0 Å². The number of rotatable bonds is 6. The lowest BCUT2D eigenvalue weighted by atomic mass is 10.0. The third-order valence-electron chi connectivity index (χ3n) is 5.44. The molecule has 6 heteroatoms. The maximum atomic E-state index is 13.4. The van der Waals surface area contributed by atoms with Crippen molar-refractivity contribution in [2.75, 3.05) is 24.3 Å². The van der Waals surface area contributed by atoms with E-state index in [4.69, 9.17) is 5.73 Å². The van der Waals surface area contributed by atoms with Crippen LogP contribution in [0.1, 0.15) is 22.8 Å². The number of ketones is 1. The average Bonchev–Trinajstić information content (AvgIpc) is 3.17. The van der Waals surface area contributed by atoms with Crippen molar-refractivity contribution < 1.29 is 9.59 Å². The Labute approximate surface area is 187 Å². The SMILES string of the molecule is C[C@H](N)C(=O)Nc1cn(-c2ccccc2C(=O)c2ccc(N(C)C)cc2)c2ccccc12. The molecule has 6 nitrogen and oxygen atoms in total. The molecule has 1 amide bonds. The van der Waals surface area contributed by atoms with Crippen LogP contribution in [0.15, 0.2) is 79.0 Å². The number of hydrogen-bond donors (Lipinski definition) is 2. The number of amides is 1. The van der Waals surface area contributed by atoms with Crippen LogP contribution in [-0.4, -0.2) is 36.4 Å². The summed E-state index contributed by atoms with van der Waals surface area (Å²) in [4.78, 5) is 27.6. The number of nitrogens with two attached hydrogens (primary N) is 1. The third kappa shape index (κ3) is 4.00. The summed E-state index contributed by atoms with van der Waals surface area (Å²) in [6.45, 7) is 1.64. The second-order valence-electron chi connectivity index (χ2n) is 8.00. The Hall–Kier alpha value is -3.90. The standard InChI is InChI=1S/C26H26N4O2/c1-17(27)26(32)28-22-16-30(23-10-6-4-8-20(22)23)24-11-7-5-9-21(24)25(31)18-12-14-19(15-13-18)29(2)3/h4-17H,27H2,1-3H3,(H,28,32)/t17-/m0/s1. The summed E-state index contributed by atoms with van der Waals surface area (Å²) >= 11 is 0. The molecule has 0 unspecified atom stereocenters. The highest BCUT2D eigenvalue weighted by atomic mass is 16.2. The first-order valence-corrected chi connectivity index (χ1v) is 10.4. The summed E-state index contributed by atoms with van der Waals surface area (Å²) < 4.78 is 1.94. The number of benzene rings is 3. The number of fused-ring (bicyclic) bond motifs is 1. The molecule has 3 aromatic carbocycles. The van der Waals surface area contributed by atoms with Crippen molar-refractivity contribution in [3.05, 3.63) is 90.1 Å². The molecule has 1 aromatic heterocycles. The van der Waals surface area contributed by atoms with Crippen molar-refractivity contribution in [1.82, 2.24) is 4.57 Å². The molecule has 0 aliphatic rings. The van der Waals surface area contributed by atoms with Crippen LogP contribution in [-0.2, 0) is 4.79 Å². The van der Waals surface area contributed by atoms with Crippen LogP contribution in [0.5, 0.6) is 0 Å². The van der Waals surface area contributed by atoms with E-state index < -0.39 is 6.04 Å². The Morgan fingerprint density at radius 3 is 2.28 bits per heavy atom. The molecule has 0 fully saturated rings. The van der Waals surface area contributed by atoms with Crippen LogP contribution in [0.25, 0.3) is 16.6 Å². The second-order valence-corrected chi connectivity index (χ2v) is 8.00. The normalized spacial score (nSPS) is 11.9. The molecule has 32 heavy (non-hydrogen) atoms. The summed E-state index contributed by atoms with van der Waals surface area (Å²) in [7, 11) is 3.93. The predicted molar refractivity (Wildman–Crippen MR) is 130 cm³/mol. The summed E-state index contributed by atoms with van der Waals surface area (Å²) in [5, 5.41) is 3.77. The van der Waals surface area contributed by atoms with Gasteiger partial charge in [-0.2, -0.15) is 0 Å². The first kappa shape index (κ1) is 21.3. The average molecular weight is 427 g/mol. The summed E-state index contributed by atoms with van der Waals surface area (Å²) in [6, 6.07) is 22.2. The van der Waals surface area contributed by atoms with Gasteiger partial charge in [-0.1, -0.05) is 30.3 Å². The maximum absolute atomic E-state index is 13.4. The Kier molecular flexibility index (Phi) is 5.79. The van der Waals surface area contributed by atoms with Gasteiger partial charge in [0, 0.05) is 42.5 Å². The zero-order valence-electron chi connectivity index (χ0n) is 18.4. The molecule has 0 bridgehead atoms. The molecule has 3 N–H and O–H groups in total. The third-order valence-corrected chi connectivity index (χ3v) is 5.44. The van der Waals surface area contributed by atoms with E-state index in [-0.39, 0.29) is 11.7 Å². The van der Waals surface area contributed by atoms with E-state index in [0.29, 0.717) is 16.8 Å². The lowest BCUT2D eigenvalue weighted by Gasteiger charge is -2.14. The van der Waals surface area contributed by atoms with E-state index in [0.717, 1.165) is 22.3 Å². The molecule has 0 spiro atoms. The zero-order valence-corrected chi connectivity index (χ0v) is 18.4. The molecular weight excluding hydrogens is 400 g/mol. The molecule has 4 rings (SSSR count). The minimum atomic E-state index is -0.629. The minimum absolute atomic E-state index is 0.0650. The minimum Gasteiger partial charge on any atom is -0.378 e. The van der Waals surface area contributed by atoms with Crippen LogP contribution in [0.3, 0.4) is 0 Å². The number of para-hydroxylation sites is 2. The Bertz CT molecular complexity index is 1290. The Balaban J connectivity index is 1.80. The zero-order chi connectivity index (χ0) is 22.8. The fourth-order valence-corrected chi connectivity index (χ4v) is 3.67. The van der Waals surface area contributed by atoms with Crippen LogP contribution in [0, 0.1) is 0 Å². The van der Waals surface area contributed by atoms with Gasteiger partial charge in [0.05, 0.1) is 22.9 Å². The maximum Gasteiger partial charge on any atom is 0.241 e. The molecule has 162 valence electrons. The Morgan fingerprint density at radius 1 is 0.938 bits per heavy atom. The van der Waals surface area contributed by atoms with E-state index in [1.54, 1.807) is 6.92 Å². The summed E-state index contributed by atoms with van der Waals surface area (Å²) in [5.41, 5.74) is 10.2. The molecule has 1 heterocycles. The van der Waals surface area contributed by atoms with Gasteiger partial charge in [0.25, 0.3) is 0 Å². The molecule has 0 saturated heterocycles. The largest absolute Gasteiger partial charge is 0.378 e. The lowest BCUT2D eigenvalue weighted by molar-refractivity contribution is -0.117. The number of anilines is 2. The predicted octanol–water partition coefficient (Wildman–Crippen LogP) is 4.21. The van der Waals surface area contributed by atoms with Crippen molar-refractivity contribution in [2.24, 2.45) is 5.73 Å². The van der Waals surface area contributed by atoms with Crippen LogP contribution >= 0.6 is 0 Å². The van der Waals surface area contributed by atoms with E-state index in [1.165, 1.54) is 0 Å². The number of nitrogens with zero attached hydrogens (tertiary/aromatic N) is 2. The van der Waals surface area contributed by atoms with Crippen LogP contribution < -0.4 is 16.0 Å². The van der Waals surface area contributed by atoms with Gasteiger partial charge in [-0.25, -0.2) is 0 Å². The van der Waals surface area contributed by atoms with Gasteiger partial charge < -0.3 is 20.5 Å². The van der Waals surface area contributed by atoms with Gasteiger partial charge >= 0.3 is 0 Å². The second kappa shape index (κ2) is 8.69. The summed E-state index contributed by atoms with van der Waals surface area (Å²) in [5.74, 6) is -0.330. The molecule has 4 aromatic rings. The molecule has 0 aliphatic carbocycles. The van der Waals surface area contributed by atoms with Gasteiger partial charge in [-0.15, -0.1) is 0 Å². The van der Waals surface area contributed by atoms with Crippen molar-refractivity contribution in [3.8, 4) is 5.69 Å². The molecular formula is C26H26N4O2. The number of carbonyl (C=O) groups excluding carboxylic acids is 2. The van der Waals surface area contributed by atoms with Gasteiger partial charge in [0.15, 0.2) is 5.78 Å². The van der Waals surface area contributed by atoms with Crippen molar-refractivity contribution in [2.45, 2.75) is 13.0 Å². The fraction of sp³-hybridized carbons (Fsp3) is 0.154. The Morgan fingerprint density at radius 2 is 1.59 bits per heavy atom. The van der Waals surface area contributed by atoms with Crippen molar-refractivity contribution in [1.29, 1.82) is 0 Å². The topological polar surface area (TPSA) is 80.4 Å². The van der Waals surface area contributed by atoms with Gasteiger partial charge in [-0.05, 0) is 49.4 Å². The van der Waals surface area contributed by atoms with Gasteiger partial charge in [0.1, 0.15) is 0 Å². The van der Waals surface area contributed by atoms with Crippen LogP contribution in [0.2, 0.25) is 0 Å². The highest BCUT2D eigenvalue weighted by Gasteiger charge is 2.19. The molecule has 0 radical (unpaired) electrons. The van der Waals surface area contributed by atoms with E-state index in [1.807, 2.05) is 103 Å². The number of hydrogen-bond acceptors (Lipinski definition) is 4. The number of aromatic nitrogens is 1. The van der Waals surface area contributed by atoms with E-state index >= 15 is 0 Å². The highest BCUT2D eigenvalue weighted by molar-refractivity contribution is 6.12. The van der Waals surface area contributed by atoms with Crippen molar-refractivity contribution >= 4 is 34.0 Å². The number of carbonyl (C=O) groups is 2.